The Kier molecular flexibility index (Phi) is 17.9. The molecule has 0 fully saturated rings. The fourth-order valence-corrected chi connectivity index (χ4v) is 2.07. The van der Waals surface area contributed by atoms with Crippen LogP contribution in [0.1, 0.15) is 78.1 Å². The molecule has 0 saturated heterocycles. The van der Waals surface area contributed by atoms with Crippen molar-refractivity contribution in [2.24, 2.45) is 0 Å². The minimum atomic E-state index is 0.300. The quantitative estimate of drug-likeness (QED) is 0.240. The third kappa shape index (κ3) is 18.8. The Morgan fingerprint density at radius 3 is 1.32 bits per heavy atom. The number of aliphatic hydroxyl groups is 2. The summed E-state index contributed by atoms with van der Waals surface area (Å²) in [7, 11) is 0. The summed E-state index contributed by atoms with van der Waals surface area (Å²) in [4.78, 5) is 0. The van der Waals surface area contributed by atoms with Crippen molar-refractivity contribution in [3.05, 3.63) is 24.0 Å². The van der Waals surface area contributed by atoms with Crippen LogP contribution in [0.4, 0.5) is 0 Å². The third-order valence-electron chi connectivity index (χ3n) is 3.76. The van der Waals surface area contributed by atoms with Crippen LogP contribution in [0.5, 0.6) is 0 Å². The van der Waals surface area contributed by atoms with Crippen LogP contribution in [-0.4, -0.2) is 36.6 Å². The van der Waals surface area contributed by atoms with Gasteiger partial charge >= 0.3 is 0 Å². The highest BCUT2D eigenvalue weighted by atomic mass is 16.5. The highest BCUT2D eigenvalue weighted by Gasteiger charge is 1.94. The highest BCUT2D eigenvalue weighted by Crippen LogP contribution is 2.04. The fourth-order valence-electron chi connectivity index (χ4n) is 2.07. The zero-order chi connectivity index (χ0) is 18.6. The van der Waals surface area contributed by atoms with Gasteiger partial charge in [-0.05, 0) is 38.5 Å². The lowest BCUT2D eigenvalue weighted by atomic mass is 10.2. The van der Waals surface area contributed by atoms with Gasteiger partial charge in [0.05, 0.1) is 13.2 Å². The number of aliphatic hydroxyl groups excluding tert-OH is 2. The van der Waals surface area contributed by atoms with Crippen LogP contribution in [0.25, 0.3) is 0 Å². The number of hydrogen-bond acceptors (Lipinski definition) is 5. The van der Waals surface area contributed by atoms with Crippen molar-refractivity contribution in [1.29, 1.82) is 0 Å². The van der Waals surface area contributed by atoms with Crippen molar-refractivity contribution in [2.75, 3.05) is 26.4 Å². The molecule has 0 atom stereocenters. The molecule has 0 rings (SSSR count). The molecule has 0 aromatic heterocycles. The number of allylic oxidation sites excluding steroid dienone is 2. The number of ether oxygens (including phenoxy) is 3. The SMILES string of the molecule is CCC(O)=COCCCCCCOCCCCCCOC=C(O)CC. The maximum absolute atomic E-state index is 9.20. The van der Waals surface area contributed by atoms with E-state index in [-0.39, 0.29) is 0 Å². The minimum Gasteiger partial charge on any atom is -0.509 e. The van der Waals surface area contributed by atoms with E-state index in [2.05, 4.69) is 0 Å². The van der Waals surface area contributed by atoms with Crippen molar-refractivity contribution < 1.29 is 24.4 Å². The first-order chi connectivity index (χ1) is 12.2. The summed E-state index contributed by atoms with van der Waals surface area (Å²) in [5.41, 5.74) is 0. The van der Waals surface area contributed by atoms with Gasteiger partial charge in [-0.2, -0.15) is 0 Å². The summed E-state index contributed by atoms with van der Waals surface area (Å²) in [6.45, 7) is 6.79. The Morgan fingerprint density at radius 2 is 0.960 bits per heavy atom. The van der Waals surface area contributed by atoms with Gasteiger partial charge in [0.15, 0.2) is 0 Å². The van der Waals surface area contributed by atoms with E-state index in [1.807, 2.05) is 13.8 Å². The molecular weight excluding hydrogens is 320 g/mol. The summed E-state index contributed by atoms with van der Waals surface area (Å²) in [5.74, 6) is 0.599. The topological polar surface area (TPSA) is 68.2 Å². The lowest BCUT2D eigenvalue weighted by Crippen LogP contribution is -1.98. The van der Waals surface area contributed by atoms with Gasteiger partial charge in [0, 0.05) is 26.1 Å². The molecule has 0 radical (unpaired) electrons. The molecule has 148 valence electrons. The molecule has 0 aromatic carbocycles. The first-order valence-corrected chi connectivity index (χ1v) is 9.77. The summed E-state index contributed by atoms with van der Waals surface area (Å²) >= 11 is 0. The zero-order valence-corrected chi connectivity index (χ0v) is 16.2. The smallest absolute Gasteiger partial charge is 0.126 e. The largest absolute Gasteiger partial charge is 0.509 e. The van der Waals surface area contributed by atoms with E-state index in [0.29, 0.717) is 37.6 Å². The van der Waals surface area contributed by atoms with Crippen molar-refractivity contribution in [2.45, 2.75) is 78.1 Å². The summed E-state index contributed by atoms with van der Waals surface area (Å²) < 4.78 is 16.1. The summed E-state index contributed by atoms with van der Waals surface area (Å²) in [6.07, 6.45) is 12.9. The fraction of sp³-hybridized carbons (Fsp3) is 0.800. The Morgan fingerprint density at radius 1 is 0.600 bits per heavy atom. The minimum absolute atomic E-state index is 0.300. The van der Waals surface area contributed by atoms with Gasteiger partial charge < -0.3 is 24.4 Å². The highest BCUT2D eigenvalue weighted by molar-refractivity contribution is 4.82. The molecule has 2 N–H and O–H groups in total. The van der Waals surface area contributed by atoms with Crippen LogP contribution in [0, 0.1) is 0 Å². The predicted octanol–water partition coefficient (Wildman–Crippen LogP) is 5.78. The van der Waals surface area contributed by atoms with Crippen LogP contribution < -0.4 is 0 Å². The molecule has 5 heteroatoms. The second-order valence-corrected chi connectivity index (χ2v) is 6.11. The second kappa shape index (κ2) is 19.0. The summed E-state index contributed by atoms with van der Waals surface area (Å²) in [6, 6.07) is 0. The van der Waals surface area contributed by atoms with E-state index < -0.39 is 0 Å². The zero-order valence-electron chi connectivity index (χ0n) is 16.2. The Hall–Kier alpha value is -1.36. The predicted molar refractivity (Wildman–Crippen MR) is 102 cm³/mol. The molecule has 0 unspecified atom stereocenters. The maximum Gasteiger partial charge on any atom is 0.126 e. The monoisotopic (exact) mass is 358 g/mol. The number of hydrogen-bond donors (Lipinski definition) is 2. The molecular formula is C20H38O5. The van der Waals surface area contributed by atoms with Crippen LogP contribution in [0.15, 0.2) is 24.0 Å². The molecule has 0 heterocycles. The number of rotatable bonds is 18. The molecule has 0 aliphatic carbocycles. The molecule has 0 aromatic rings. The molecule has 0 saturated carbocycles. The van der Waals surface area contributed by atoms with Crippen molar-refractivity contribution in [3.63, 3.8) is 0 Å². The van der Waals surface area contributed by atoms with Gasteiger partial charge in [0.25, 0.3) is 0 Å². The van der Waals surface area contributed by atoms with Crippen molar-refractivity contribution >= 4 is 0 Å². The van der Waals surface area contributed by atoms with Crippen molar-refractivity contribution in [3.8, 4) is 0 Å². The lowest BCUT2D eigenvalue weighted by molar-refractivity contribution is 0.124. The van der Waals surface area contributed by atoms with Crippen LogP contribution in [0.2, 0.25) is 0 Å². The second-order valence-electron chi connectivity index (χ2n) is 6.11. The van der Waals surface area contributed by atoms with E-state index >= 15 is 0 Å². The third-order valence-corrected chi connectivity index (χ3v) is 3.76. The van der Waals surface area contributed by atoms with E-state index in [0.717, 1.165) is 64.6 Å². The van der Waals surface area contributed by atoms with Crippen LogP contribution >= 0.6 is 0 Å². The Labute approximate surface area is 153 Å². The number of unbranched alkanes of at least 4 members (excludes halogenated alkanes) is 6. The van der Waals surface area contributed by atoms with E-state index in [4.69, 9.17) is 14.2 Å². The molecule has 0 amide bonds. The van der Waals surface area contributed by atoms with Crippen LogP contribution in [-0.2, 0) is 14.2 Å². The maximum atomic E-state index is 9.20. The first kappa shape index (κ1) is 23.6. The Bertz CT molecular complexity index is 307. The Balaban J connectivity index is 3.12. The molecule has 0 aliphatic heterocycles. The van der Waals surface area contributed by atoms with Gasteiger partial charge in [-0.1, -0.05) is 26.7 Å². The molecule has 0 spiro atoms. The lowest BCUT2D eigenvalue weighted by Gasteiger charge is -2.05. The van der Waals surface area contributed by atoms with Gasteiger partial charge in [-0.25, -0.2) is 0 Å². The van der Waals surface area contributed by atoms with Crippen LogP contribution in [0.3, 0.4) is 0 Å². The van der Waals surface area contributed by atoms with Gasteiger partial charge in [-0.3, -0.25) is 0 Å². The average Bonchev–Trinajstić information content (AvgIpc) is 2.63. The molecule has 0 bridgehead atoms. The standard InChI is InChI=1S/C20H38O5/c1-3-19(21)17-24-15-11-7-5-9-13-23-14-10-6-8-12-16-25-18-20(22)4-2/h17-18,21-22H,3-16H2,1-2H3. The van der Waals surface area contributed by atoms with E-state index in [9.17, 15) is 10.2 Å². The average molecular weight is 359 g/mol. The van der Waals surface area contributed by atoms with Gasteiger partial charge in [-0.15, -0.1) is 0 Å². The van der Waals surface area contributed by atoms with E-state index in [1.165, 1.54) is 12.5 Å². The van der Waals surface area contributed by atoms with Gasteiger partial charge in [0.1, 0.15) is 24.0 Å². The normalized spacial score (nSPS) is 12.4. The van der Waals surface area contributed by atoms with E-state index in [1.54, 1.807) is 0 Å². The van der Waals surface area contributed by atoms with Gasteiger partial charge in [0.2, 0.25) is 0 Å². The molecule has 25 heavy (non-hydrogen) atoms. The molecule has 5 nitrogen and oxygen atoms in total. The first-order valence-electron chi connectivity index (χ1n) is 9.77. The van der Waals surface area contributed by atoms with Crippen molar-refractivity contribution in [1.82, 2.24) is 0 Å². The molecule has 0 aliphatic rings. The summed E-state index contributed by atoms with van der Waals surface area (Å²) in [5, 5.41) is 18.4.